The fourth-order valence-electron chi connectivity index (χ4n) is 2.89. The zero-order valence-corrected chi connectivity index (χ0v) is 21.4. The van der Waals surface area contributed by atoms with E-state index in [1.54, 1.807) is 0 Å². The van der Waals surface area contributed by atoms with Crippen molar-refractivity contribution in [1.29, 1.82) is 0 Å². The second-order valence-electron chi connectivity index (χ2n) is 8.53. The summed E-state index contributed by atoms with van der Waals surface area (Å²) in [6.07, 6.45) is 20.4. The molecular weight excluding hydrogens is 458 g/mol. The van der Waals surface area contributed by atoms with Gasteiger partial charge in [-0.2, -0.15) is 0 Å². The number of hydrogen-bond acceptors (Lipinski definition) is 5. The van der Waals surface area contributed by atoms with Gasteiger partial charge in [-0.05, 0) is 12.8 Å². The second kappa shape index (κ2) is 17.8. The van der Waals surface area contributed by atoms with Crippen LogP contribution in [0.3, 0.4) is 0 Å². The van der Waals surface area contributed by atoms with E-state index in [-0.39, 0.29) is 0 Å². The minimum absolute atomic E-state index is 1.12. The molecular formula is C19H44Cr2NO7+. The molecule has 0 fully saturated rings. The van der Waals surface area contributed by atoms with Gasteiger partial charge in [-0.1, -0.05) is 84.0 Å². The van der Waals surface area contributed by atoms with Crippen molar-refractivity contribution in [3.8, 4) is 0 Å². The minimum atomic E-state index is -5.76. The third-order valence-corrected chi connectivity index (χ3v) is 7.11. The predicted octanol–water partition coefficient (Wildman–Crippen LogP) is 4.51. The maximum absolute atomic E-state index is 9.53. The topological polar surface area (TPSA) is 118 Å². The zero-order valence-electron chi connectivity index (χ0n) is 18.8. The van der Waals surface area contributed by atoms with Gasteiger partial charge in [0.1, 0.15) is 0 Å². The monoisotopic (exact) mass is 502 g/mol. The van der Waals surface area contributed by atoms with E-state index in [0.717, 1.165) is 4.48 Å². The number of quaternary nitrogens is 1. The van der Waals surface area contributed by atoms with Crippen LogP contribution in [0.5, 0.6) is 0 Å². The Bertz CT molecular complexity index is 540. The van der Waals surface area contributed by atoms with E-state index in [4.69, 9.17) is 8.32 Å². The van der Waals surface area contributed by atoms with E-state index < -0.39 is 27.2 Å². The Morgan fingerprint density at radius 1 is 0.586 bits per heavy atom. The SMILES string of the molecule is CCCCCCCCCCCCCCCC[N+](C)(C)C.[O]=[Cr](=[O])([OH])[O][Cr](=[O])(=[O])[OH]. The van der Waals surface area contributed by atoms with Crippen LogP contribution in [0.2, 0.25) is 0 Å². The Balaban J connectivity index is 0. The molecule has 0 unspecified atom stereocenters. The Kier molecular flexibility index (Phi) is 19.2. The second-order valence-corrected chi connectivity index (χ2v) is 12.3. The number of nitrogens with zero attached hydrogens (tertiary/aromatic N) is 1. The first-order valence-electron chi connectivity index (χ1n) is 10.7. The van der Waals surface area contributed by atoms with Crippen molar-refractivity contribution in [2.24, 2.45) is 0 Å². The molecule has 0 rings (SSSR count). The molecule has 0 spiro atoms. The van der Waals surface area contributed by atoms with Crippen LogP contribution in [-0.4, -0.2) is 40.5 Å². The molecule has 0 amide bonds. The van der Waals surface area contributed by atoms with Crippen molar-refractivity contribution in [3.63, 3.8) is 0 Å². The standard InChI is InChI=1S/C19H42N.2Cr.2H2O.5O/c1-5-6-7-8-9-10-11-12-13-14-15-16-17-18-19-20(2,3)4;;;;;;;;;/h5-19H2,1-4H3;;;2*1H2;;;;;/q3*+1;;;;;;;/p-2. The molecule has 0 aliphatic rings. The summed E-state index contributed by atoms with van der Waals surface area (Å²) in [5.41, 5.74) is 0. The first-order chi connectivity index (χ1) is 13.3. The van der Waals surface area contributed by atoms with E-state index in [0.29, 0.717) is 0 Å². The van der Waals surface area contributed by atoms with Crippen molar-refractivity contribution in [2.75, 3.05) is 27.7 Å². The molecule has 0 aromatic rings. The molecule has 29 heavy (non-hydrogen) atoms. The Morgan fingerprint density at radius 3 is 1.07 bits per heavy atom. The number of hydrogen-bond donors (Lipinski definition) is 2. The van der Waals surface area contributed by atoms with Gasteiger partial charge in [0.15, 0.2) is 0 Å². The molecule has 0 heterocycles. The van der Waals surface area contributed by atoms with Crippen LogP contribution in [0, 0.1) is 0 Å². The van der Waals surface area contributed by atoms with Gasteiger partial charge in [0, 0.05) is 0 Å². The van der Waals surface area contributed by atoms with Gasteiger partial charge in [0.05, 0.1) is 27.7 Å². The summed E-state index contributed by atoms with van der Waals surface area (Å²) < 4.78 is 57.4. The van der Waals surface area contributed by atoms with Gasteiger partial charge in [-0.3, -0.25) is 0 Å². The van der Waals surface area contributed by atoms with Crippen LogP contribution < -0.4 is 0 Å². The maximum atomic E-state index is 9.53. The van der Waals surface area contributed by atoms with Gasteiger partial charge in [0.25, 0.3) is 0 Å². The van der Waals surface area contributed by atoms with Crippen molar-refractivity contribution in [1.82, 2.24) is 0 Å². The van der Waals surface area contributed by atoms with Gasteiger partial charge in [-0.15, -0.1) is 0 Å². The van der Waals surface area contributed by atoms with Crippen LogP contribution in [0.4, 0.5) is 0 Å². The third kappa shape index (κ3) is 35.9. The molecule has 0 saturated heterocycles. The summed E-state index contributed by atoms with van der Waals surface area (Å²) >= 11 is -11.5. The predicted molar refractivity (Wildman–Crippen MR) is 101 cm³/mol. The van der Waals surface area contributed by atoms with Crippen LogP contribution in [0.25, 0.3) is 0 Å². The molecule has 0 aliphatic heterocycles. The zero-order chi connectivity index (χ0) is 22.8. The van der Waals surface area contributed by atoms with Crippen LogP contribution in [0.1, 0.15) is 96.8 Å². The molecule has 0 saturated carbocycles. The molecule has 0 aromatic carbocycles. The van der Waals surface area contributed by atoms with Crippen molar-refractivity contribution in [3.05, 3.63) is 0 Å². The molecule has 0 radical (unpaired) electrons. The van der Waals surface area contributed by atoms with E-state index in [9.17, 15) is 15.2 Å². The normalized spacial score (nSPS) is 12.5. The summed E-state index contributed by atoms with van der Waals surface area (Å²) in [4.78, 5) is 0. The van der Waals surface area contributed by atoms with Crippen LogP contribution in [-0.2, 0) is 45.3 Å². The third-order valence-electron chi connectivity index (χ3n) is 4.35. The van der Waals surface area contributed by atoms with Crippen molar-refractivity contribution in [2.45, 2.75) is 96.8 Å². The Hall–Kier alpha value is 0.105. The van der Waals surface area contributed by atoms with Gasteiger partial charge in [0.2, 0.25) is 0 Å². The van der Waals surface area contributed by atoms with Gasteiger partial charge < -0.3 is 4.48 Å². The Morgan fingerprint density at radius 2 is 0.862 bits per heavy atom. The summed E-state index contributed by atoms with van der Waals surface area (Å²) in [6.45, 7) is 3.63. The summed E-state index contributed by atoms with van der Waals surface area (Å²) in [7, 11) is 6.88. The van der Waals surface area contributed by atoms with Crippen LogP contribution >= 0.6 is 0 Å². The van der Waals surface area contributed by atoms with Crippen molar-refractivity contribution < 1.29 is 58.1 Å². The van der Waals surface area contributed by atoms with Gasteiger partial charge in [-0.25, -0.2) is 0 Å². The van der Waals surface area contributed by atoms with E-state index >= 15 is 0 Å². The quantitative estimate of drug-likeness (QED) is 0.222. The molecule has 0 aliphatic carbocycles. The molecule has 0 atom stereocenters. The van der Waals surface area contributed by atoms with E-state index in [2.05, 4.69) is 30.9 Å². The fourth-order valence-corrected chi connectivity index (χ4v) is 4.63. The first kappa shape index (κ1) is 31.3. The fraction of sp³-hybridized carbons (Fsp3) is 1.00. The van der Waals surface area contributed by atoms with Gasteiger partial charge >= 0.3 is 53.6 Å². The molecule has 178 valence electrons. The molecule has 0 bridgehead atoms. The molecule has 0 aromatic heterocycles. The van der Waals surface area contributed by atoms with Crippen LogP contribution in [0.15, 0.2) is 0 Å². The molecule has 8 nitrogen and oxygen atoms in total. The molecule has 2 N–H and O–H groups in total. The summed E-state index contributed by atoms with van der Waals surface area (Å²) in [5.74, 6) is 0. The molecule has 10 heteroatoms. The first-order valence-corrected chi connectivity index (χ1v) is 15.0. The summed E-state index contributed by atoms with van der Waals surface area (Å²) in [5, 5.41) is 0. The van der Waals surface area contributed by atoms with E-state index in [1.807, 2.05) is 0 Å². The number of unbranched alkanes of at least 4 members (excludes halogenated alkanes) is 13. The number of rotatable bonds is 17. The summed E-state index contributed by atoms with van der Waals surface area (Å²) in [6, 6.07) is 0. The van der Waals surface area contributed by atoms with Crippen molar-refractivity contribution >= 4 is 0 Å². The average molecular weight is 503 g/mol. The average Bonchev–Trinajstić information content (AvgIpc) is 2.51. The Labute approximate surface area is 182 Å². The van der Waals surface area contributed by atoms with E-state index in [1.165, 1.54) is 96.4 Å².